The maximum Gasteiger partial charge on any atom is 0.253 e. The molecule has 1 heterocycles. The lowest BCUT2D eigenvalue weighted by molar-refractivity contribution is -0.125. The number of carbonyl (C=O) groups excluding carboxylic acids is 2. The summed E-state index contributed by atoms with van der Waals surface area (Å²) in [6.45, 7) is 16.0. The predicted octanol–water partition coefficient (Wildman–Crippen LogP) is 2.71. The summed E-state index contributed by atoms with van der Waals surface area (Å²) in [7, 11) is 0. The van der Waals surface area contributed by atoms with Gasteiger partial charge in [-0.1, -0.05) is 41.5 Å². The molecule has 0 radical (unpaired) electrons. The fourth-order valence-corrected chi connectivity index (χ4v) is 3.66. The fourth-order valence-electron chi connectivity index (χ4n) is 3.66. The van der Waals surface area contributed by atoms with Gasteiger partial charge in [0.1, 0.15) is 12.6 Å². The molecule has 3 N–H and O–H groups in total. The fraction of sp³-hybridized carbons (Fsp3) is 0.652. The number of amides is 2. The Hall–Kier alpha value is -1.96. The third-order valence-corrected chi connectivity index (χ3v) is 4.75. The molecule has 2 rings (SSSR count). The summed E-state index contributed by atoms with van der Waals surface area (Å²) in [6.07, 6.45) is 0. The van der Waals surface area contributed by atoms with Crippen molar-refractivity contribution in [3.63, 3.8) is 0 Å². The van der Waals surface area contributed by atoms with E-state index < -0.39 is 6.04 Å². The van der Waals surface area contributed by atoms with E-state index in [0.29, 0.717) is 18.8 Å². The van der Waals surface area contributed by atoms with E-state index in [0.717, 1.165) is 18.8 Å². The van der Waals surface area contributed by atoms with E-state index in [1.54, 1.807) is 4.90 Å². The van der Waals surface area contributed by atoms with Crippen LogP contribution in [0, 0.1) is 10.8 Å². The Labute approximate surface area is 180 Å². The lowest BCUT2D eigenvalue weighted by Gasteiger charge is -2.38. The Balaban J connectivity index is 2.11. The first-order valence-electron chi connectivity index (χ1n) is 10.6. The Bertz CT molecular complexity index is 703. The molecule has 1 aliphatic rings. The molecular formula is C23H38N4O3. The second kappa shape index (κ2) is 9.90. The minimum atomic E-state index is -0.413. The number of morpholine rings is 1. The van der Waals surface area contributed by atoms with Gasteiger partial charge >= 0.3 is 0 Å². The molecule has 7 heteroatoms. The van der Waals surface area contributed by atoms with Crippen LogP contribution in [0.25, 0.3) is 0 Å². The van der Waals surface area contributed by atoms with Gasteiger partial charge in [0.05, 0.1) is 6.61 Å². The summed E-state index contributed by atoms with van der Waals surface area (Å²) in [6, 6.07) is 6.92. The van der Waals surface area contributed by atoms with E-state index >= 15 is 0 Å². The molecule has 7 nitrogen and oxygen atoms in total. The Morgan fingerprint density at radius 3 is 2.17 bits per heavy atom. The predicted molar refractivity (Wildman–Crippen MR) is 122 cm³/mol. The molecule has 0 spiro atoms. The molecule has 2 amide bonds. The maximum absolute atomic E-state index is 13.1. The summed E-state index contributed by atoms with van der Waals surface area (Å²) < 4.78 is 5.18. The number of carbonyl (C=O) groups is 2. The molecule has 1 aliphatic heterocycles. The number of hydrogen-bond donors (Lipinski definition) is 2. The van der Waals surface area contributed by atoms with Gasteiger partial charge in [-0.3, -0.25) is 14.5 Å². The van der Waals surface area contributed by atoms with Crippen molar-refractivity contribution < 1.29 is 14.3 Å². The summed E-state index contributed by atoms with van der Waals surface area (Å²) in [5.74, 6) is -0.164. The largest absolute Gasteiger partial charge is 0.370 e. The molecule has 0 bridgehead atoms. The number of benzene rings is 1. The normalized spacial score (nSPS) is 16.7. The van der Waals surface area contributed by atoms with E-state index in [1.807, 2.05) is 24.3 Å². The molecule has 1 aromatic rings. The number of nitrogens with zero attached hydrogens (tertiary/aromatic N) is 2. The van der Waals surface area contributed by atoms with Gasteiger partial charge in [0, 0.05) is 37.6 Å². The van der Waals surface area contributed by atoms with E-state index in [9.17, 15) is 9.59 Å². The smallest absolute Gasteiger partial charge is 0.253 e. The third-order valence-electron chi connectivity index (χ3n) is 4.75. The molecule has 0 unspecified atom stereocenters. The van der Waals surface area contributed by atoms with Gasteiger partial charge < -0.3 is 20.7 Å². The van der Waals surface area contributed by atoms with E-state index in [4.69, 9.17) is 10.5 Å². The SMILES string of the molecule is CC(C)(C)CN(CC(C)(C)C)[C@H](CN)C(=O)Nc1ccc(N2CCOCC2=O)cc1. The topological polar surface area (TPSA) is 87.9 Å². The third kappa shape index (κ3) is 7.38. The minimum absolute atomic E-state index is 0.0469. The second-order valence-electron chi connectivity index (χ2n) is 10.4. The summed E-state index contributed by atoms with van der Waals surface area (Å²) in [4.78, 5) is 29.0. The molecular weight excluding hydrogens is 380 g/mol. The van der Waals surface area contributed by atoms with Crippen molar-refractivity contribution in [2.24, 2.45) is 16.6 Å². The van der Waals surface area contributed by atoms with Crippen molar-refractivity contribution in [1.82, 2.24) is 4.90 Å². The van der Waals surface area contributed by atoms with Crippen molar-refractivity contribution in [3.8, 4) is 0 Å². The number of ether oxygens (including phenoxy) is 1. The Morgan fingerprint density at radius 1 is 1.13 bits per heavy atom. The molecule has 0 saturated carbocycles. The number of anilines is 2. The van der Waals surface area contributed by atoms with Crippen LogP contribution in [0.1, 0.15) is 41.5 Å². The lowest BCUT2D eigenvalue weighted by Crippen LogP contribution is -2.53. The molecule has 1 aromatic carbocycles. The highest BCUT2D eigenvalue weighted by atomic mass is 16.5. The Morgan fingerprint density at radius 2 is 1.70 bits per heavy atom. The highest BCUT2D eigenvalue weighted by Crippen LogP contribution is 2.24. The van der Waals surface area contributed by atoms with E-state index in [2.05, 4.69) is 51.8 Å². The first-order chi connectivity index (χ1) is 13.9. The van der Waals surface area contributed by atoms with Crippen LogP contribution < -0.4 is 16.0 Å². The molecule has 0 aromatic heterocycles. The van der Waals surface area contributed by atoms with Crippen LogP contribution in [0.4, 0.5) is 11.4 Å². The summed E-state index contributed by atoms with van der Waals surface area (Å²) in [5.41, 5.74) is 7.63. The Kier molecular flexibility index (Phi) is 8.02. The van der Waals surface area contributed by atoms with Gasteiger partial charge in [-0.2, -0.15) is 0 Å². The maximum atomic E-state index is 13.1. The quantitative estimate of drug-likeness (QED) is 0.711. The van der Waals surface area contributed by atoms with Crippen LogP contribution in [-0.4, -0.2) is 62.1 Å². The molecule has 168 valence electrons. The highest BCUT2D eigenvalue weighted by molar-refractivity contribution is 5.97. The van der Waals surface area contributed by atoms with Crippen LogP contribution in [-0.2, 0) is 14.3 Å². The van der Waals surface area contributed by atoms with Crippen LogP contribution in [0.5, 0.6) is 0 Å². The zero-order valence-corrected chi connectivity index (χ0v) is 19.3. The van der Waals surface area contributed by atoms with Crippen molar-refractivity contribution in [2.75, 3.05) is 49.6 Å². The van der Waals surface area contributed by atoms with Gasteiger partial charge in [0.2, 0.25) is 5.91 Å². The van der Waals surface area contributed by atoms with Crippen LogP contribution in [0.3, 0.4) is 0 Å². The lowest BCUT2D eigenvalue weighted by atomic mass is 9.91. The van der Waals surface area contributed by atoms with Crippen molar-refractivity contribution in [3.05, 3.63) is 24.3 Å². The number of nitrogens with two attached hydrogens (primary N) is 1. The monoisotopic (exact) mass is 418 g/mol. The number of hydrogen-bond acceptors (Lipinski definition) is 5. The average molecular weight is 419 g/mol. The second-order valence-corrected chi connectivity index (χ2v) is 10.4. The molecule has 1 fully saturated rings. The van der Waals surface area contributed by atoms with Crippen LogP contribution in [0.2, 0.25) is 0 Å². The van der Waals surface area contributed by atoms with Crippen molar-refractivity contribution in [1.29, 1.82) is 0 Å². The first-order valence-corrected chi connectivity index (χ1v) is 10.6. The molecule has 1 saturated heterocycles. The first kappa shape index (κ1) is 24.3. The minimum Gasteiger partial charge on any atom is -0.370 e. The van der Waals surface area contributed by atoms with Crippen LogP contribution >= 0.6 is 0 Å². The summed E-state index contributed by atoms with van der Waals surface area (Å²) in [5, 5.41) is 3.00. The van der Waals surface area contributed by atoms with Crippen LogP contribution in [0.15, 0.2) is 24.3 Å². The number of rotatable bonds is 7. The highest BCUT2D eigenvalue weighted by Gasteiger charge is 2.31. The molecule has 30 heavy (non-hydrogen) atoms. The van der Waals surface area contributed by atoms with Crippen molar-refractivity contribution >= 4 is 23.2 Å². The van der Waals surface area contributed by atoms with E-state index in [-0.39, 0.29) is 35.8 Å². The molecule has 0 aliphatic carbocycles. The van der Waals surface area contributed by atoms with Gasteiger partial charge in [-0.05, 0) is 35.1 Å². The van der Waals surface area contributed by atoms with Gasteiger partial charge in [-0.25, -0.2) is 0 Å². The number of nitrogens with one attached hydrogen (secondary N) is 1. The van der Waals surface area contributed by atoms with Gasteiger partial charge in [0.15, 0.2) is 0 Å². The standard InChI is InChI=1S/C23H38N4O3/c1-22(2,3)15-26(16-23(4,5)6)19(13-24)21(29)25-17-7-9-18(10-8-17)27-11-12-30-14-20(27)28/h7-10,19H,11-16,24H2,1-6H3,(H,25,29)/t19-/m1/s1. The van der Waals surface area contributed by atoms with Crippen molar-refractivity contribution in [2.45, 2.75) is 47.6 Å². The van der Waals surface area contributed by atoms with Gasteiger partial charge in [0.25, 0.3) is 5.91 Å². The summed E-state index contributed by atoms with van der Waals surface area (Å²) >= 11 is 0. The zero-order chi connectivity index (χ0) is 22.5. The zero-order valence-electron chi connectivity index (χ0n) is 19.3. The average Bonchev–Trinajstić information content (AvgIpc) is 2.61. The molecule has 1 atom stereocenters. The van der Waals surface area contributed by atoms with E-state index in [1.165, 1.54) is 0 Å². The van der Waals surface area contributed by atoms with Gasteiger partial charge in [-0.15, -0.1) is 0 Å².